The molecule has 0 rings (SSSR count). The van der Waals surface area contributed by atoms with Crippen molar-refractivity contribution < 1.29 is 19.4 Å². The smallest absolute Gasteiger partial charge is 0.408 e. The van der Waals surface area contributed by atoms with Gasteiger partial charge in [0.15, 0.2) is 0 Å². The van der Waals surface area contributed by atoms with Crippen LogP contribution in [0.5, 0.6) is 0 Å². The van der Waals surface area contributed by atoms with E-state index in [0.717, 1.165) is 0 Å². The standard InChI is InChI=1S/C12H23NO4/c1-10(2,3)12(7,8(14)15)13-9(16)17-11(4,5)6/h1-7H3,(H,13,16)(H,14,15)/t12-/m0/s1. The van der Waals surface area contributed by atoms with E-state index >= 15 is 0 Å². The van der Waals surface area contributed by atoms with Crippen LogP contribution in [0.25, 0.3) is 0 Å². The Labute approximate surface area is 103 Å². The van der Waals surface area contributed by atoms with E-state index in [1.54, 1.807) is 41.5 Å². The fraction of sp³-hybridized carbons (Fsp3) is 0.833. The highest BCUT2D eigenvalue weighted by Crippen LogP contribution is 2.30. The Balaban J connectivity index is 4.93. The summed E-state index contributed by atoms with van der Waals surface area (Å²) in [7, 11) is 0. The summed E-state index contributed by atoms with van der Waals surface area (Å²) < 4.78 is 5.07. The summed E-state index contributed by atoms with van der Waals surface area (Å²) in [6, 6.07) is 0. The summed E-state index contributed by atoms with van der Waals surface area (Å²) in [6.07, 6.45) is -0.725. The van der Waals surface area contributed by atoms with E-state index in [4.69, 9.17) is 4.74 Å². The molecular formula is C12H23NO4. The molecular weight excluding hydrogens is 222 g/mol. The quantitative estimate of drug-likeness (QED) is 0.783. The number of carbonyl (C=O) groups is 2. The third kappa shape index (κ3) is 4.24. The molecule has 5 heteroatoms. The van der Waals surface area contributed by atoms with Crippen LogP contribution < -0.4 is 5.32 Å². The van der Waals surface area contributed by atoms with Crippen molar-refractivity contribution in [3.05, 3.63) is 0 Å². The van der Waals surface area contributed by atoms with Gasteiger partial charge in [-0.1, -0.05) is 20.8 Å². The van der Waals surface area contributed by atoms with Crippen LogP contribution >= 0.6 is 0 Å². The molecule has 0 aromatic rings. The minimum Gasteiger partial charge on any atom is -0.479 e. The summed E-state index contributed by atoms with van der Waals surface area (Å²) in [5.74, 6) is -1.09. The third-order valence-electron chi connectivity index (χ3n) is 2.68. The number of alkyl carbamates (subject to hydrolysis) is 1. The lowest BCUT2D eigenvalue weighted by Crippen LogP contribution is -2.60. The SMILES string of the molecule is CC(C)(C)OC(=O)N[C@@](C)(C(=O)O)C(C)(C)C. The normalized spacial score (nSPS) is 15.9. The average molecular weight is 245 g/mol. The molecule has 0 bridgehead atoms. The third-order valence-corrected chi connectivity index (χ3v) is 2.68. The van der Waals surface area contributed by atoms with Gasteiger partial charge < -0.3 is 15.2 Å². The van der Waals surface area contributed by atoms with Crippen molar-refractivity contribution >= 4 is 12.1 Å². The number of aliphatic carboxylic acids is 1. The van der Waals surface area contributed by atoms with Crippen molar-refractivity contribution in [2.45, 2.75) is 59.6 Å². The average Bonchev–Trinajstić information content (AvgIpc) is 1.96. The Morgan fingerprint density at radius 1 is 1.00 bits per heavy atom. The van der Waals surface area contributed by atoms with Crippen molar-refractivity contribution in [2.24, 2.45) is 5.41 Å². The van der Waals surface area contributed by atoms with Crippen molar-refractivity contribution in [3.8, 4) is 0 Å². The zero-order chi connectivity index (χ0) is 14.1. The molecule has 0 fully saturated rings. The number of rotatable bonds is 2. The molecule has 2 N–H and O–H groups in total. The summed E-state index contributed by atoms with van der Waals surface area (Å²) in [4.78, 5) is 22.9. The predicted molar refractivity (Wildman–Crippen MR) is 64.9 cm³/mol. The predicted octanol–water partition coefficient (Wildman–Crippen LogP) is 2.40. The van der Waals surface area contributed by atoms with Crippen LogP contribution in [0.15, 0.2) is 0 Å². The van der Waals surface area contributed by atoms with Gasteiger partial charge in [0.25, 0.3) is 0 Å². The molecule has 0 radical (unpaired) electrons. The molecule has 0 saturated carbocycles. The lowest BCUT2D eigenvalue weighted by molar-refractivity contribution is -0.148. The first kappa shape index (κ1) is 15.7. The number of carboxylic acid groups (broad SMARTS) is 1. The summed E-state index contributed by atoms with van der Waals surface area (Å²) in [5, 5.41) is 11.7. The van der Waals surface area contributed by atoms with Crippen LogP contribution in [0.3, 0.4) is 0 Å². The molecule has 100 valence electrons. The van der Waals surface area contributed by atoms with Crippen molar-refractivity contribution in [3.63, 3.8) is 0 Å². The first-order valence-corrected chi connectivity index (χ1v) is 5.54. The lowest BCUT2D eigenvalue weighted by Gasteiger charge is -2.38. The maximum Gasteiger partial charge on any atom is 0.408 e. The first-order chi connectivity index (χ1) is 7.29. The number of amides is 1. The molecule has 0 unspecified atom stereocenters. The summed E-state index contributed by atoms with van der Waals surface area (Å²) in [6.45, 7) is 11.9. The number of hydrogen-bond acceptors (Lipinski definition) is 3. The molecule has 0 spiro atoms. The van der Waals surface area contributed by atoms with E-state index in [2.05, 4.69) is 5.32 Å². The summed E-state index contributed by atoms with van der Waals surface area (Å²) >= 11 is 0. The van der Waals surface area contributed by atoms with Crippen molar-refractivity contribution in [2.75, 3.05) is 0 Å². The van der Waals surface area contributed by atoms with Gasteiger partial charge in [-0.2, -0.15) is 0 Å². The second-order valence-corrected chi connectivity index (χ2v) is 6.31. The van der Waals surface area contributed by atoms with Gasteiger partial charge in [0.2, 0.25) is 0 Å². The Kier molecular flexibility index (Phi) is 4.21. The van der Waals surface area contributed by atoms with E-state index in [1.165, 1.54) is 6.92 Å². The second kappa shape index (κ2) is 4.55. The maximum absolute atomic E-state index is 11.6. The number of hydrogen-bond donors (Lipinski definition) is 2. The molecule has 0 aliphatic rings. The van der Waals surface area contributed by atoms with Gasteiger partial charge in [-0.15, -0.1) is 0 Å². The highest BCUT2D eigenvalue weighted by molar-refractivity contribution is 5.84. The highest BCUT2D eigenvalue weighted by atomic mass is 16.6. The monoisotopic (exact) mass is 245 g/mol. The second-order valence-electron chi connectivity index (χ2n) is 6.31. The van der Waals surface area contributed by atoms with Crippen LogP contribution in [0, 0.1) is 5.41 Å². The Hall–Kier alpha value is -1.26. The molecule has 0 aromatic carbocycles. The van der Waals surface area contributed by atoms with Crippen LogP contribution in [-0.4, -0.2) is 28.3 Å². The minimum absolute atomic E-state index is 0.629. The largest absolute Gasteiger partial charge is 0.479 e. The highest BCUT2D eigenvalue weighted by Gasteiger charge is 2.46. The molecule has 1 amide bonds. The fourth-order valence-electron chi connectivity index (χ4n) is 1.07. The Morgan fingerprint density at radius 3 is 1.65 bits per heavy atom. The van der Waals surface area contributed by atoms with Crippen LogP contribution in [0.1, 0.15) is 48.5 Å². The van der Waals surface area contributed by atoms with Gasteiger partial charge in [0.1, 0.15) is 11.1 Å². The van der Waals surface area contributed by atoms with Gasteiger partial charge >= 0.3 is 12.1 Å². The first-order valence-electron chi connectivity index (χ1n) is 5.54. The van der Waals surface area contributed by atoms with Crippen LogP contribution in [0.2, 0.25) is 0 Å². The van der Waals surface area contributed by atoms with E-state index in [0.29, 0.717) is 0 Å². The molecule has 0 saturated heterocycles. The zero-order valence-electron chi connectivity index (χ0n) is 11.7. The fourth-order valence-corrected chi connectivity index (χ4v) is 1.07. The van der Waals surface area contributed by atoms with E-state index in [-0.39, 0.29) is 0 Å². The van der Waals surface area contributed by atoms with Crippen molar-refractivity contribution in [1.82, 2.24) is 5.32 Å². The van der Waals surface area contributed by atoms with Crippen molar-refractivity contribution in [1.29, 1.82) is 0 Å². The van der Waals surface area contributed by atoms with E-state index in [9.17, 15) is 14.7 Å². The molecule has 1 atom stereocenters. The van der Waals surface area contributed by atoms with E-state index in [1.807, 2.05) is 0 Å². The number of carboxylic acids is 1. The Morgan fingerprint density at radius 2 is 1.41 bits per heavy atom. The molecule has 5 nitrogen and oxygen atoms in total. The van der Waals surface area contributed by atoms with Crippen LogP contribution in [-0.2, 0) is 9.53 Å². The number of carbonyl (C=O) groups excluding carboxylic acids is 1. The number of ether oxygens (including phenoxy) is 1. The van der Waals surface area contributed by atoms with Gasteiger partial charge in [-0.05, 0) is 33.1 Å². The van der Waals surface area contributed by atoms with Gasteiger partial charge in [-0.3, -0.25) is 0 Å². The topological polar surface area (TPSA) is 75.6 Å². The zero-order valence-corrected chi connectivity index (χ0v) is 11.7. The van der Waals surface area contributed by atoms with Gasteiger partial charge in [0.05, 0.1) is 0 Å². The minimum atomic E-state index is -1.38. The van der Waals surface area contributed by atoms with Crippen LogP contribution in [0.4, 0.5) is 4.79 Å². The maximum atomic E-state index is 11.6. The number of nitrogens with one attached hydrogen (secondary N) is 1. The van der Waals surface area contributed by atoms with Gasteiger partial charge in [-0.25, -0.2) is 9.59 Å². The molecule has 17 heavy (non-hydrogen) atoms. The van der Waals surface area contributed by atoms with E-state index < -0.39 is 28.6 Å². The molecule has 0 heterocycles. The molecule has 0 aliphatic carbocycles. The summed E-state index contributed by atoms with van der Waals surface area (Å²) in [5.41, 5.74) is -2.66. The van der Waals surface area contributed by atoms with Gasteiger partial charge in [0, 0.05) is 0 Å². The Bertz CT molecular complexity index is 311. The molecule has 0 aromatic heterocycles. The lowest BCUT2D eigenvalue weighted by atomic mass is 9.75. The molecule has 0 aliphatic heterocycles.